The van der Waals surface area contributed by atoms with Gasteiger partial charge in [0.2, 0.25) is 16.3 Å². The third-order valence-electron chi connectivity index (χ3n) is 3.72. The molecule has 1 aromatic heterocycles. The summed E-state index contributed by atoms with van der Waals surface area (Å²) in [5.41, 5.74) is 1.28. The Morgan fingerprint density at radius 2 is 1.96 bits per heavy atom. The van der Waals surface area contributed by atoms with Crippen molar-refractivity contribution in [3.63, 3.8) is 0 Å². The zero-order valence-electron chi connectivity index (χ0n) is 13.7. The molecule has 0 radical (unpaired) electrons. The quantitative estimate of drug-likeness (QED) is 0.804. The van der Waals surface area contributed by atoms with Gasteiger partial charge in [0.25, 0.3) is 0 Å². The van der Waals surface area contributed by atoms with Crippen LogP contribution in [0.4, 0.5) is 4.79 Å². The Bertz CT molecular complexity index is 830. The molecule has 1 fully saturated rings. The predicted molar refractivity (Wildman–Crippen MR) is 95.6 cm³/mol. The number of hydrogen-bond acceptors (Lipinski definition) is 6. The third kappa shape index (κ3) is 4.77. The molecule has 1 saturated heterocycles. The second kappa shape index (κ2) is 7.51. The monoisotopic (exact) mass is 381 g/mol. The molecule has 2 aromatic rings. The summed E-state index contributed by atoms with van der Waals surface area (Å²) in [5.74, 6) is 0. The first kappa shape index (κ1) is 17.8. The van der Waals surface area contributed by atoms with E-state index in [1.807, 2.05) is 30.3 Å². The topological polar surface area (TPSA) is 88.6 Å². The molecular formula is C16H19N3O4S2. The van der Waals surface area contributed by atoms with Gasteiger partial charge < -0.3 is 9.64 Å². The highest BCUT2D eigenvalue weighted by Gasteiger charge is 2.27. The number of nitrogens with one attached hydrogen (secondary N) is 1. The van der Waals surface area contributed by atoms with Crippen molar-refractivity contribution in [3.8, 4) is 10.6 Å². The number of carbonyl (C=O) groups is 1. The standard InChI is InChI=1S/C16H19N3O4S2/c1-25(21,22)18-14(23-16(20)19-9-5-6-10-19)13-11-24-15(17-13)12-7-3-2-4-8-12/h2-4,7-8,11,14,18H,5-6,9-10H2,1H3. The minimum absolute atomic E-state index is 0.363. The Morgan fingerprint density at radius 1 is 1.28 bits per heavy atom. The number of aromatic nitrogens is 1. The first-order chi connectivity index (χ1) is 11.9. The summed E-state index contributed by atoms with van der Waals surface area (Å²) in [6.45, 7) is 1.24. The number of carbonyl (C=O) groups excluding carboxylic acids is 1. The van der Waals surface area contributed by atoms with Crippen molar-refractivity contribution in [2.75, 3.05) is 19.3 Å². The molecule has 0 bridgehead atoms. The summed E-state index contributed by atoms with van der Waals surface area (Å²) in [7, 11) is -3.58. The zero-order valence-corrected chi connectivity index (χ0v) is 15.3. The fourth-order valence-corrected chi connectivity index (χ4v) is 3.93. The predicted octanol–water partition coefficient (Wildman–Crippen LogP) is 2.59. The Kier molecular flexibility index (Phi) is 5.36. The largest absolute Gasteiger partial charge is 0.423 e. The molecule has 0 saturated carbocycles. The van der Waals surface area contributed by atoms with Crippen LogP contribution in [-0.2, 0) is 14.8 Å². The molecule has 25 heavy (non-hydrogen) atoms. The number of benzene rings is 1. The van der Waals surface area contributed by atoms with E-state index in [0.717, 1.165) is 29.7 Å². The van der Waals surface area contributed by atoms with Gasteiger partial charge in [-0.15, -0.1) is 11.3 Å². The number of likely N-dealkylation sites (tertiary alicyclic amines) is 1. The zero-order chi connectivity index (χ0) is 17.9. The Hall–Kier alpha value is -1.97. The first-order valence-corrected chi connectivity index (χ1v) is 10.6. The number of sulfonamides is 1. The van der Waals surface area contributed by atoms with Crippen LogP contribution >= 0.6 is 11.3 Å². The fraction of sp³-hybridized carbons (Fsp3) is 0.375. The molecule has 1 unspecified atom stereocenters. The second-order valence-corrected chi connectivity index (χ2v) is 8.43. The van der Waals surface area contributed by atoms with E-state index < -0.39 is 22.3 Å². The van der Waals surface area contributed by atoms with Gasteiger partial charge in [-0.1, -0.05) is 30.3 Å². The van der Waals surface area contributed by atoms with E-state index in [1.165, 1.54) is 11.3 Å². The van der Waals surface area contributed by atoms with E-state index in [-0.39, 0.29) is 0 Å². The van der Waals surface area contributed by atoms with Crippen molar-refractivity contribution in [2.24, 2.45) is 0 Å². The minimum Gasteiger partial charge on any atom is -0.423 e. The van der Waals surface area contributed by atoms with Crippen LogP contribution in [0.2, 0.25) is 0 Å². The van der Waals surface area contributed by atoms with E-state index >= 15 is 0 Å². The van der Waals surface area contributed by atoms with E-state index in [1.54, 1.807) is 10.3 Å². The number of nitrogens with zero attached hydrogens (tertiary/aromatic N) is 2. The smallest absolute Gasteiger partial charge is 0.411 e. The van der Waals surface area contributed by atoms with Crippen molar-refractivity contribution in [3.05, 3.63) is 41.4 Å². The van der Waals surface area contributed by atoms with Crippen molar-refractivity contribution >= 4 is 27.5 Å². The van der Waals surface area contributed by atoms with E-state index in [2.05, 4.69) is 9.71 Å². The maximum Gasteiger partial charge on any atom is 0.411 e. The van der Waals surface area contributed by atoms with Crippen molar-refractivity contribution in [1.29, 1.82) is 0 Å². The molecule has 9 heteroatoms. The summed E-state index contributed by atoms with van der Waals surface area (Å²) >= 11 is 1.37. The van der Waals surface area contributed by atoms with Gasteiger partial charge in [-0.3, -0.25) is 0 Å². The maximum absolute atomic E-state index is 12.2. The van der Waals surface area contributed by atoms with Crippen LogP contribution in [0.5, 0.6) is 0 Å². The molecule has 3 rings (SSSR count). The lowest BCUT2D eigenvalue weighted by molar-refractivity contribution is 0.0617. The van der Waals surface area contributed by atoms with E-state index in [4.69, 9.17) is 4.74 Å². The van der Waals surface area contributed by atoms with Gasteiger partial charge in [-0.25, -0.2) is 18.2 Å². The minimum atomic E-state index is -3.58. The summed E-state index contributed by atoms with van der Waals surface area (Å²) in [6.07, 6.45) is 1.20. The summed E-state index contributed by atoms with van der Waals surface area (Å²) in [4.78, 5) is 18.2. The second-order valence-electron chi connectivity index (χ2n) is 5.79. The van der Waals surface area contributed by atoms with Crippen LogP contribution in [0.1, 0.15) is 24.8 Å². The van der Waals surface area contributed by atoms with Gasteiger partial charge in [-0.2, -0.15) is 4.72 Å². The maximum atomic E-state index is 12.2. The number of rotatable bonds is 5. The average molecular weight is 381 g/mol. The first-order valence-electron chi connectivity index (χ1n) is 7.86. The molecular weight excluding hydrogens is 362 g/mol. The highest BCUT2D eigenvalue weighted by atomic mass is 32.2. The molecule has 1 amide bonds. The van der Waals surface area contributed by atoms with Crippen molar-refractivity contribution < 1.29 is 17.9 Å². The van der Waals surface area contributed by atoms with Gasteiger partial charge in [0, 0.05) is 24.0 Å². The Morgan fingerprint density at radius 3 is 2.60 bits per heavy atom. The van der Waals surface area contributed by atoms with Crippen LogP contribution in [0.25, 0.3) is 10.6 Å². The molecule has 134 valence electrons. The van der Waals surface area contributed by atoms with Gasteiger partial charge in [0.05, 0.1) is 6.26 Å². The molecule has 7 nitrogen and oxygen atoms in total. The van der Waals surface area contributed by atoms with E-state index in [0.29, 0.717) is 18.8 Å². The van der Waals surface area contributed by atoms with Crippen LogP contribution in [0.15, 0.2) is 35.7 Å². The third-order valence-corrected chi connectivity index (χ3v) is 5.27. The number of amides is 1. The lowest BCUT2D eigenvalue weighted by atomic mass is 10.2. The molecule has 1 aliphatic rings. The average Bonchev–Trinajstić information content (AvgIpc) is 3.26. The normalized spacial score (nSPS) is 16.0. The van der Waals surface area contributed by atoms with Crippen molar-refractivity contribution in [1.82, 2.24) is 14.6 Å². The molecule has 2 heterocycles. The van der Waals surface area contributed by atoms with Crippen LogP contribution in [-0.4, -0.2) is 43.7 Å². The fourth-order valence-electron chi connectivity index (χ4n) is 2.53. The molecule has 1 aromatic carbocycles. The number of ether oxygens (including phenoxy) is 1. The van der Waals surface area contributed by atoms with Crippen LogP contribution < -0.4 is 4.72 Å². The molecule has 0 aliphatic carbocycles. The summed E-state index contributed by atoms with van der Waals surface area (Å²) < 4.78 is 31.0. The van der Waals surface area contributed by atoms with Gasteiger partial charge in [0.15, 0.2) is 0 Å². The summed E-state index contributed by atoms with van der Waals surface area (Å²) in [5, 5.41) is 2.43. The Labute approximate surface area is 150 Å². The number of thiazole rings is 1. The van der Waals surface area contributed by atoms with Gasteiger partial charge in [-0.05, 0) is 12.8 Å². The van der Waals surface area contributed by atoms with E-state index in [9.17, 15) is 13.2 Å². The highest BCUT2D eigenvalue weighted by molar-refractivity contribution is 7.88. The SMILES string of the molecule is CS(=O)(=O)NC(OC(=O)N1CCCC1)c1csc(-c2ccccc2)n1. The molecule has 1 atom stereocenters. The molecule has 1 aliphatic heterocycles. The highest BCUT2D eigenvalue weighted by Crippen LogP contribution is 2.27. The van der Waals surface area contributed by atoms with Gasteiger partial charge in [0.1, 0.15) is 10.7 Å². The lowest BCUT2D eigenvalue weighted by Gasteiger charge is -2.21. The Balaban J connectivity index is 1.81. The van der Waals surface area contributed by atoms with Gasteiger partial charge >= 0.3 is 6.09 Å². The molecule has 0 spiro atoms. The lowest BCUT2D eigenvalue weighted by Crippen LogP contribution is -2.36. The van der Waals surface area contributed by atoms with Crippen LogP contribution in [0.3, 0.4) is 0 Å². The van der Waals surface area contributed by atoms with Crippen molar-refractivity contribution in [2.45, 2.75) is 19.1 Å². The summed E-state index contributed by atoms with van der Waals surface area (Å²) in [6, 6.07) is 9.53. The number of hydrogen-bond donors (Lipinski definition) is 1. The molecule has 1 N–H and O–H groups in total. The van der Waals surface area contributed by atoms with Crippen LogP contribution in [0, 0.1) is 0 Å².